The van der Waals surface area contributed by atoms with Crippen molar-refractivity contribution in [3.05, 3.63) is 105 Å². The van der Waals surface area contributed by atoms with Gasteiger partial charge in [-0.25, -0.2) is 4.79 Å². The van der Waals surface area contributed by atoms with Crippen molar-refractivity contribution in [3.8, 4) is 0 Å². The van der Waals surface area contributed by atoms with Crippen LogP contribution in [0.25, 0.3) is 0 Å². The maximum absolute atomic E-state index is 12.7. The number of hydrogen-bond donors (Lipinski definition) is 1. The van der Waals surface area contributed by atoms with E-state index in [4.69, 9.17) is 32.7 Å². The Kier molecular flexibility index (Phi) is 11.7. The molecule has 3 aromatic carbocycles. The van der Waals surface area contributed by atoms with Crippen LogP contribution in [-0.4, -0.2) is 52.9 Å². The molecule has 0 bridgehead atoms. The standard InChI is InChI=1S/C29H24Cl2N2O9/c30-15-14-25(28(37)18-4-8-21(31)9-5-18)42-27(36)13-12-26(35)32-22-10-6-19(7-11-22)29(38)41-17-24(34)20-2-1-3-23(16-20)33(39)40/h1-11,16,25H,12-15,17H2,(H,32,35). The molecule has 0 saturated carbocycles. The number of esters is 2. The second kappa shape index (κ2) is 15.4. The summed E-state index contributed by atoms with van der Waals surface area (Å²) in [7, 11) is 0. The zero-order chi connectivity index (χ0) is 30.6. The molecule has 42 heavy (non-hydrogen) atoms. The van der Waals surface area contributed by atoms with E-state index in [1.165, 1.54) is 54.6 Å². The number of nitrogens with zero attached hydrogens (tertiary/aromatic N) is 1. The van der Waals surface area contributed by atoms with Gasteiger partial charge in [0.25, 0.3) is 5.69 Å². The average molecular weight is 615 g/mol. The first-order valence-corrected chi connectivity index (χ1v) is 13.4. The number of carbonyl (C=O) groups excluding carboxylic acids is 5. The van der Waals surface area contributed by atoms with E-state index in [0.717, 1.165) is 6.07 Å². The number of halogens is 2. The number of benzene rings is 3. The first-order chi connectivity index (χ1) is 20.1. The molecule has 0 spiro atoms. The molecule has 3 rings (SSSR count). The van der Waals surface area contributed by atoms with Crippen LogP contribution in [0.4, 0.5) is 11.4 Å². The van der Waals surface area contributed by atoms with Gasteiger partial charge >= 0.3 is 11.9 Å². The van der Waals surface area contributed by atoms with Crippen LogP contribution < -0.4 is 5.32 Å². The number of hydrogen-bond acceptors (Lipinski definition) is 9. The second-order valence-corrected chi connectivity index (χ2v) is 9.57. The lowest BCUT2D eigenvalue weighted by Crippen LogP contribution is -2.28. The van der Waals surface area contributed by atoms with Crippen molar-refractivity contribution >= 4 is 64.0 Å². The normalized spacial score (nSPS) is 11.2. The fourth-order valence-corrected chi connectivity index (χ4v) is 3.90. The number of nitro benzene ring substituents is 1. The van der Waals surface area contributed by atoms with Crippen molar-refractivity contribution < 1.29 is 38.4 Å². The van der Waals surface area contributed by atoms with Gasteiger partial charge in [-0.3, -0.25) is 29.3 Å². The number of amides is 1. The van der Waals surface area contributed by atoms with Gasteiger partial charge in [-0.15, -0.1) is 11.6 Å². The molecule has 0 aliphatic heterocycles. The first kappa shape index (κ1) is 31.9. The molecular weight excluding hydrogens is 591 g/mol. The second-order valence-electron chi connectivity index (χ2n) is 8.76. The monoisotopic (exact) mass is 614 g/mol. The SMILES string of the molecule is O=C(CCC(=O)OC(CCCl)C(=O)c1ccc(Cl)cc1)Nc1ccc(C(=O)OCC(=O)c2cccc([N+](=O)[O-])c2)cc1. The molecule has 1 N–H and O–H groups in total. The Morgan fingerprint density at radius 3 is 2.19 bits per heavy atom. The maximum Gasteiger partial charge on any atom is 0.338 e. The molecule has 13 heteroatoms. The molecule has 0 saturated heterocycles. The fraction of sp³-hybridized carbons (Fsp3) is 0.207. The number of ether oxygens (including phenoxy) is 2. The van der Waals surface area contributed by atoms with E-state index < -0.39 is 47.0 Å². The van der Waals surface area contributed by atoms with Crippen molar-refractivity contribution in [3.63, 3.8) is 0 Å². The number of Topliss-reactive ketones (excluding diaryl/α,β-unsaturated/α-hetero) is 2. The molecule has 0 fully saturated rings. The minimum Gasteiger partial charge on any atom is -0.454 e. The van der Waals surface area contributed by atoms with Crippen LogP contribution in [0.5, 0.6) is 0 Å². The molecule has 218 valence electrons. The molecule has 0 aromatic heterocycles. The molecule has 1 atom stereocenters. The van der Waals surface area contributed by atoms with Crippen molar-refractivity contribution in [2.75, 3.05) is 17.8 Å². The van der Waals surface area contributed by atoms with Gasteiger partial charge in [0.2, 0.25) is 17.5 Å². The van der Waals surface area contributed by atoms with Crippen LogP contribution in [0.2, 0.25) is 5.02 Å². The molecule has 1 unspecified atom stereocenters. The topological polar surface area (TPSA) is 159 Å². The molecular formula is C29H24Cl2N2O9. The van der Waals surface area contributed by atoms with E-state index in [1.54, 1.807) is 12.1 Å². The number of ketones is 2. The smallest absolute Gasteiger partial charge is 0.338 e. The third-order valence-electron chi connectivity index (χ3n) is 5.74. The minimum absolute atomic E-state index is 0.0293. The van der Waals surface area contributed by atoms with Crippen LogP contribution in [0.1, 0.15) is 50.3 Å². The Balaban J connectivity index is 1.45. The molecule has 11 nitrogen and oxygen atoms in total. The fourth-order valence-electron chi connectivity index (χ4n) is 3.58. The van der Waals surface area contributed by atoms with Crippen LogP contribution in [0.3, 0.4) is 0 Å². The largest absolute Gasteiger partial charge is 0.454 e. The highest BCUT2D eigenvalue weighted by molar-refractivity contribution is 6.30. The Labute approximate surface area is 249 Å². The predicted molar refractivity (Wildman–Crippen MR) is 153 cm³/mol. The number of non-ortho nitro benzene ring substituents is 1. The lowest BCUT2D eigenvalue weighted by molar-refractivity contribution is -0.384. The molecule has 0 heterocycles. The first-order valence-electron chi connectivity index (χ1n) is 12.5. The summed E-state index contributed by atoms with van der Waals surface area (Å²) in [5, 5.41) is 13.9. The van der Waals surface area contributed by atoms with E-state index in [-0.39, 0.29) is 42.0 Å². The van der Waals surface area contributed by atoms with Gasteiger partial charge < -0.3 is 14.8 Å². The number of anilines is 1. The summed E-state index contributed by atoms with van der Waals surface area (Å²) in [6.07, 6.45) is -1.53. The lowest BCUT2D eigenvalue weighted by Gasteiger charge is -2.16. The zero-order valence-electron chi connectivity index (χ0n) is 21.9. The van der Waals surface area contributed by atoms with Crippen molar-refractivity contribution in [1.29, 1.82) is 0 Å². The van der Waals surface area contributed by atoms with Crippen LogP contribution in [-0.2, 0) is 19.1 Å². The predicted octanol–water partition coefficient (Wildman–Crippen LogP) is 5.43. The van der Waals surface area contributed by atoms with E-state index in [0.29, 0.717) is 16.3 Å². The highest BCUT2D eigenvalue weighted by Crippen LogP contribution is 2.17. The maximum atomic E-state index is 12.7. The third kappa shape index (κ3) is 9.50. The van der Waals surface area contributed by atoms with Crippen molar-refractivity contribution in [2.24, 2.45) is 0 Å². The van der Waals surface area contributed by atoms with Gasteiger partial charge in [0.05, 0.1) is 16.9 Å². The third-order valence-corrected chi connectivity index (χ3v) is 6.21. The van der Waals surface area contributed by atoms with Gasteiger partial charge in [0.1, 0.15) is 0 Å². The summed E-state index contributed by atoms with van der Waals surface area (Å²) >= 11 is 11.6. The van der Waals surface area contributed by atoms with Crippen molar-refractivity contribution in [1.82, 2.24) is 0 Å². The Morgan fingerprint density at radius 2 is 1.55 bits per heavy atom. The number of rotatable bonds is 14. The Hall–Kier alpha value is -4.61. The minimum atomic E-state index is -1.10. The van der Waals surface area contributed by atoms with E-state index >= 15 is 0 Å². The van der Waals surface area contributed by atoms with Gasteiger partial charge in [-0.1, -0.05) is 23.7 Å². The van der Waals surface area contributed by atoms with Crippen molar-refractivity contribution in [2.45, 2.75) is 25.4 Å². The zero-order valence-corrected chi connectivity index (χ0v) is 23.4. The van der Waals surface area contributed by atoms with Gasteiger partial charge in [0.15, 0.2) is 12.7 Å². The molecule has 3 aromatic rings. The number of nitrogens with one attached hydrogen (secondary N) is 1. The number of carbonyl (C=O) groups is 5. The summed E-state index contributed by atoms with van der Waals surface area (Å²) < 4.78 is 10.3. The highest BCUT2D eigenvalue weighted by Gasteiger charge is 2.24. The van der Waals surface area contributed by atoms with Gasteiger partial charge in [-0.05, 0) is 48.5 Å². The summed E-state index contributed by atoms with van der Waals surface area (Å²) in [5.41, 5.74) is 0.499. The van der Waals surface area contributed by atoms with E-state index in [1.807, 2.05) is 0 Å². The number of nitro groups is 1. The quantitative estimate of drug-likeness (QED) is 0.0820. The molecule has 0 radical (unpaired) electrons. The van der Waals surface area contributed by atoms with Gasteiger partial charge in [-0.2, -0.15) is 0 Å². The highest BCUT2D eigenvalue weighted by atomic mass is 35.5. The Morgan fingerprint density at radius 1 is 0.881 bits per heavy atom. The summed E-state index contributed by atoms with van der Waals surface area (Å²) in [4.78, 5) is 72.1. The van der Waals surface area contributed by atoms with E-state index in [2.05, 4.69) is 5.32 Å². The lowest BCUT2D eigenvalue weighted by atomic mass is 10.0. The van der Waals surface area contributed by atoms with Gasteiger partial charge in [0, 0.05) is 52.7 Å². The molecule has 0 aliphatic carbocycles. The van der Waals surface area contributed by atoms with E-state index in [9.17, 15) is 34.1 Å². The Bertz CT molecular complexity index is 1480. The number of alkyl halides is 1. The van der Waals surface area contributed by atoms with Crippen LogP contribution >= 0.6 is 23.2 Å². The van der Waals surface area contributed by atoms with Crippen LogP contribution in [0.15, 0.2) is 72.8 Å². The van der Waals surface area contributed by atoms with Crippen LogP contribution in [0, 0.1) is 10.1 Å². The summed E-state index contributed by atoms with van der Waals surface area (Å²) in [6.45, 7) is -0.619. The molecule has 0 aliphatic rings. The molecule has 1 amide bonds. The summed E-state index contributed by atoms with van der Waals surface area (Å²) in [5.74, 6) is -3.04. The average Bonchev–Trinajstić information content (AvgIpc) is 2.99. The summed E-state index contributed by atoms with van der Waals surface area (Å²) in [6, 6.07) is 16.7.